The number of carbonyl (C=O) groups is 1. The molecule has 3 aromatic rings. The lowest BCUT2D eigenvalue weighted by atomic mass is 10.2. The molecule has 0 aromatic carbocycles. The number of carboxylic acids is 1. The molecule has 102 valence electrons. The van der Waals surface area contributed by atoms with Crippen molar-refractivity contribution in [1.29, 1.82) is 0 Å². The molecule has 0 atom stereocenters. The molecule has 0 radical (unpaired) electrons. The van der Waals surface area contributed by atoms with E-state index in [2.05, 4.69) is 30.1 Å². The topological polar surface area (TPSA) is 119 Å². The van der Waals surface area contributed by atoms with Crippen molar-refractivity contribution in [3.05, 3.63) is 30.2 Å². The van der Waals surface area contributed by atoms with Gasteiger partial charge in [-0.05, 0) is 0 Å². The van der Waals surface area contributed by atoms with Crippen LogP contribution in [-0.2, 0) is 13.6 Å². The zero-order chi connectivity index (χ0) is 14.1. The Kier molecular flexibility index (Phi) is 2.78. The van der Waals surface area contributed by atoms with E-state index in [1.165, 1.54) is 12.6 Å². The smallest absolute Gasteiger partial charge is 0.339 e. The molecule has 0 amide bonds. The van der Waals surface area contributed by atoms with Crippen molar-refractivity contribution < 1.29 is 14.4 Å². The normalized spacial score (nSPS) is 10.8. The predicted octanol–water partition coefficient (Wildman–Crippen LogP) is 0.662. The number of aryl methyl sites for hydroxylation is 1. The summed E-state index contributed by atoms with van der Waals surface area (Å²) < 4.78 is 6.20. The molecular weight excluding hydrogens is 264 g/mol. The van der Waals surface area contributed by atoms with Crippen LogP contribution in [0.4, 0.5) is 5.69 Å². The fourth-order valence-corrected chi connectivity index (χ4v) is 1.89. The Morgan fingerprint density at radius 3 is 3.00 bits per heavy atom. The molecule has 0 saturated carbocycles. The van der Waals surface area contributed by atoms with Gasteiger partial charge < -0.3 is 14.9 Å². The van der Waals surface area contributed by atoms with E-state index in [4.69, 9.17) is 0 Å². The van der Waals surface area contributed by atoms with Crippen molar-refractivity contribution in [3.8, 4) is 0 Å². The summed E-state index contributed by atoms with van der Waals surface area (Å²) in [5.74, 6) is -0.644. The number of rotatable bonds is 4. The Balaban J connectivity index is 2.05. The van der Waals surface area contributed by atoms with Gasteiger partial charge in [-0.1, -0.05) is 5.16 Å². The maximum absolute atomic E-state index is 11.3. The average Bonchev–Trinajstić information content (AvgIpc) is 3.06. The van der Waals surface area contributed by atoms with E-state index in [1.54, 1.807) is 17.9 Å². The largest absolute Gasteiger partial charge is 0.478 e. The lowest BCUT2D eigenvalue weighted by Crippen LogP contribution is -2.08. The maximum Gasteiger partial charge on any atom is 0.339 e. The third-order valence-corrected chi connectivity index (χ3v) is 2.82. The summed E-state index contributed by atoms with van der Waals surface area (Å²) in [6, 6.07) is 0. The SMILES string of the molecule is Cn1ncc2c(NCc3ncon3)c(C(=O)O)cnc21. The Labute approximate surface area is 112 Å². The van der Waals surface area contributed by atoms with Crippen LogP contribution in [0.25, 0.3) is 11.0 Å². The van der Waals surface area contributed by atoms with E-state index in [1.807, 2.05) is 0 Å². The number of pyridine rings is 1. The highest BCUT2D eigenvalue weighted by atomic mass is 16.5. The number of aromatic carboxylic acids is 1. The molecule has 3 heterocycles. The molecule has 0 aliphatic heterocycles. The number of nitrogens with zero attached hydrogens (tertiary/aromatic N) is 5. The molecule has 20 heavy (non-hydrogen) atoms. The Hall–Kier alpha value is -2.97. The first-order valence-corrected chi connectivity index (χ1v) is 5.70. The number of aromatic nitrogens is 5. The number of hydrogen-bond acceptors (Lipinski definition) is 7. The predicted molar refractivity (Wildman–Crippen MR) is 67.1 cm³/mol. The van der Waals surface area contributed by atoms with Gasteiger partial charge in [0, 0.05) is 13.2 Å². The fraction of sp³-hybridized carbons (Fsp3) is 0.182. The van der Waals surface area contributed by atoms with Gasteiger partial charge >= 0.3 is 5.97 Å². The van der Waals surface area contributed by atoms with Crippen LogP contribution >= 0.6 is 0 Å². The number of carboxylic acid groups (broad SMARTS) is 1. The second-order valence-electron chi connectivity index (χ2n) is 4.06. The van der Waals surface area contributed by atoms with Crippen molar-refractivity contribution in [3.63, 3.8) is 0 Å². The molecule has 3 rings (SSSR count). The van der Waals surface area contributed by atoms with Crippen molar-refractivity contribution in [2.75, 3.05) is 5.32 Å². The lowest BCUT2D eigenvalue weighted by Gasteiger charge is -2.08. The molecule has 9 heteroatoms. The highest BCUT2D eigenvalue weighted by molar-refractivity contribution is 6.03. The minimum Gasteiger partial charge on any atom is -0.478 e. The molecule has 3 aromatic heterocycles. The van der Waals surface area contributed by atoms with Gasteiger partial charge in [0.05, 0.1) is 23.8 Å². The highest BCUT2D eigenvalue weighted by Gasteiger charge is 2.17. The third-order valence-electron chi connectivity index (χ3n) is 2.82. The van der Waals surface area contributed by atoms with Crippen LogP contribution in [0.1, 0.15) is 16.2 Å². The van der Waals surface area contributed by atoms with Crippen LogP contribution in [0.15, 0.2) is 23.3 Å². The summed E-state index contributed by atoms with van der Waals surface area (Å²) in [5.41, 5.74) is 1.08. The van der Waals surface area contributed by atoms with Crippen LogP contribution in [0.3, 0.4) is 0 Å². The van der Waals surface area contributed by atoms with E-state index >= 15 is 0 Å². The van der Waals surface area contributed by atoms with Crippen LogP contribution in [0.2, 0.25) is 0 Å². The maximum atomic E-state index is 11.3. The molecule has 0 aliphatic rings. The fourth-order valence-electron chi connectivity index (χ4n) is 1.89. The monoisotopic (exact) mass is 274 g/mol. The van der Waals surface area contributed by atoms with Gasteiger partial charge in [0.2, 0.25) is 6.39 Å². The minimum absolute atomic E-state index is 0.0639. The van der Waals surface area contributed by atoms with Gasteiger partial charge in [0.15, 0.2) is 11.5 Å². The van der Waals surface area contributed by atoms with Crippen molar-refractivity contribution in [2.24, 2.45) is 7.05 Å². The average molecular weight is 274 g/mol. The minimum atomic E-state index is -1.07. The molecule has 0 fully saturated rings. The molecule has 0 aliphatic carbocycles. The number of nitrogens with one attached hydrogen (secondary N) is 1. The van der Waals surface area contributed by atoms with Crippen LogP contribution in [0.5, 0.6) is 0 Å². The van der Waals surface area contributed by atoms with Crippen molar-refractivity contribution in [2.45, 2.75) is 6.54 Å². The Morgan fingerprint density at radius 2 is 2.30 bits per heavy atom. The van der Waals surface area contributed by atoms with Gasteiger partial charge in [0.1, 0.15) is 5.56 Å². The lowest BCUT2D eigenvalue weighted by molar-refractivity contribution is 0.0697. The molecule has 0 bridgehead atoms. The molecule has 0 unspecified atom stereocenters. The third kappa shape index (κ3) is 1.94. The first-order valence-electron chi connectivity index (χ1n) is 5.70. The van der Waals surface area contributed by atoms with E-state index < -0.39 is 5.97 Å². The van der Waals surface area contributed by atoms with Gasteiger partial charge in [0.25, 0.3) is 0 Å². The van der Waals surface area contributed by atoms with Gasteiger partial charge in [-0.2, -0.15) is 10.1 Å². The molecule has 9 nitrogen and oxygen atoms in total. The quantitative estimate of drug-likeness (QED) is 0.712. The van der Waals surface area contributed by atoms with E-state index in [0.29, 0.717) is 22.5 Å². The summed E-state index contributed by atoms with van der Waals surface area (Å²) in [6.45, 7) is 0.241. The van der Waals surface area contributed by atoms with Crippen molar-refractivity contribution in [1.82, 2.24) is 24.9 Å². The number of anilines is 1. The summed E-state index contributed by atoms with van der Waals surface area (Å²) in [6.07, 6.45) is 4.07. The van der Waals surface area contributed by atoms with Crippen LogP contribution < -0.4 is 5.32 Å². The van der Waals surface area contributed by atoms with Gasteiger partial charge in [-0.3, -0.25) is 4.68 Å². The zero-order valence-corrected chi connectivity index (χ0v) is 10.4. The number of fused-ring (bicyclic) bond motifs is 1. The standard InChI is InChI=1S/C11H10N6O3/c1-17-10-6(3-15-17)9(7(2-13-10)11(18)19)12-4-8-14-5-20-16-8/h2-3,5H,4H2,1H3,(H,12,13)(H,18,19). The number of hydrogen-bond donors (Lipinski definition) is 2. The Morgan fingerprint density at radius 1 is 1.45 bits per heavy atom. The Bertz CT molecular complexity index is 764. The van der Waals surface area contributed by atoms with E-state index in [-0.39, 0.29) is 12.1 Å². The molecular formula is C11H10N6O3. The summed E-state index contributed by atoms with van der Waals surface area (Å²) >= 11 is 0. The highest BCUT2D eigenvalue weighted by Crippen LogP contribution is 2.25. The zero-order valence-electron chi connectivity index (χ0n) is 10.4. The van der Waals surface area contributed by atoms with Gasteiger partial charge in [-0.15, -0.1) is 0 Å². The summed E-state index contributed by atoms with van der Waals surface area (Å²) in [7, 11) is 1.73. The second kappa shape index (κ2) is 4.61. The summed E-state index contributed by atoms with van der Waals surface area (Å²) in [5, 5.41) is 20.6. The van der Waals surface area contributed by atoms with Gasteiger partial charge in [-0.25, -0.2) is 9.78 Å². The second-order valence-corrected chi connectivity index (χ2v) is 4.06. The first-order chi connectivity index (χ1) is 9.66. The molecule has 0 spiro atoms. The van der Waals surface area contributed by atoms with E-state index in [9.17, 15) is 9.90 Å². The van der Waals surface area contributed by atoms with Crippen molar-refractivity contribution >= 4 is 22.7 Å². The van der Waals surface area contributed by atoms with Crippen LogP contribution in [0, 0.1) is 0 Å². The summed E-state index contributed by atoms with van der Waals surface area (Å²) in [4.78, 5) is 19.2. The molecule has 0 saturated heterocycles. The molecule has 2 N–H and O–H groups in total. The van der Waals surface area contributed by atoms with E-state index in [0.717, 1.165) is 0 Å². The first kappa shape index (κ1) is 12.1. The van der Waals surface area contributed by atoms with Crippen LogP contribution in [-0.4, -0.2) is 36.0 Å².